The lowest BCUT2D eigenvalue weighted by Crippen LogP contribution is -2.56. The Morgan fingerprint density at radius 3 is 2.22 bits per heavy atom. The Balaban J connectivity index is 2.27. The van der Waals surface area contributed by atoms with E-state index in [4.69, 9.17) is 9.47 Å². The number of aliphatic carboxylic acids is 2. The smallest absolute Gasteiger partial charge is 0.348 e. The maximum atomic E-state index is 12.1. The van der Waals surface area contributed by atoms with Gasteiger partial charge in [-0.2, -0.15) is 0 Å². The molecule has 11 heteroatoms. The third-order valence-electron chi connectivity index (χ3n) is 4.39. The summed E-state index contributed by atoms with van der Waals surface area (Å²) in [6.45, 7) is 0. The largest absolute Gasteiger partial charge is 0.504 e. The number of carbonyl (C=O) groups excluding carboxylic acids is 1. The molecule has 0 saturated carbocycles. The van der Waals surface area contributed by atoms with Crippen LogP contribution in [-0.2, 0) is 25.5 Å². The molecule has 0 fully saturated rings. The summed E-state index contributed by atoms with van der Waals surface area (Å²) < 4.78 is 9.64. The number of ether oxygens (including phenoxy) is 2. The molecule has 0 aliphatic heterocycles. The van der Waals surface area contributed by atoms with E-state index in [9.17, 15) is 45.0 Å². The SMILES string of the molecule is COc1cc(C=CC(=O)OC(C(=O)O)C(O)(Cc2ccc(O)c(O)c2)C(=O)O)ccc1O. The van der Waals surface area contributed by atoms with E-state index in [1.165, 1.54) is 31.4 Å². The highest BCUT2D eigenvalue weighted by Gasteiger charge is 2.51. The fraction of sp³-hybridized carbons (Fsp3) is 0.190. The van der Waals surface area contributed by atoms with Crippen LogP contribution in [-0.4, -0.2) is 67.4 Å². The fourth-order valence-corrected chi connectivity index (χ4v) is 2.74. The first-order valence-electron chi connectivity index (χ1n) is 8.93. The van der Waals surface area contributed by atoms with Crippen LogP contribution >= 0.6 is 0 Å². The van der Waals surface area contributed by atoms with Crippen molar-refractivity contribution in [2.75, 3.05) is 7.11 Å². The van der Waals surface area contributed by atoms with Crippen LogP contribution in [0.1, 0.15) is 11.1 Å². The van der Waals surface area contributed by atoms with Gasteiger partial charge in [0.05, 0.1) is 7.11 Å². The summed E-state index contributed by atoms with van der Waals surface area (Å²) in [6.07, 6.45) is -1.38. The summed E-state index contributed by atoms with van der Waals surface area (Å²) in [5.41, 5.74) is -2.77. The Morgan fingerprint density at radius 1 is 1.00 bits per heavy atom. The molecular formula is C21H20O11. The molecule has 0 spiro atoms. The Kier molecular flexibility index (Phi) is 7.29. The van der Waals surface area contributed by atoms with E-state index in [0.29, 0.717) is 5.56 Å². The van der Waals surface area contributed by atoms with Gasteiger partial charge in [0, 0.05) is 12.5 Å². The van der Waals surface area contributed by atoms with Gasteiger partial charge in [0.25, 0.3) is 0 Å². The Hall–Kier alpha value is -4.25. The van der Waals surface area contributed by atoms with Crippen LogP contribution in [0.25, 0.3) is 6.08 Å². The van der Waals surface area contributed by atoms with E-state index >= 15 is 0 Å². The van der Waals surface area contributed by atoms with Crippen LogP contribution in [0.4, 0.5) is 0 Å². The second-order valence-electron chi connectivity index (χ2n) is 6.65. The van der Waals surface area contributed by atoms with Gasteiger partial charge in [0.2, 0.25) is 11.7 Å². The monoisotopic (exact) mass is 448 g/mol. The van der Waals surface area contributed by atoms with Gasteiger partial charge in [0.15, 0.2) is 23.0 Å². The minimum atomic E-state index is -3.10. The number of phenols is 3. The van der Waals surface area contributed by atoms with Crippen LogP contribution in [0, 0.1) is 0 Å². The number of aromatic hydroxyl groups is 3. The molecule has 2 unspecified atom stereocenters. The third-order valence-corrected chi connectivity index (χ3v) is 4.39. The van der Waals surface area contributed by atoms with Crippen LogP contribution in [0.15, 0.2) is 42.5 Å². The van der Waals surface area contributed by atoms with Crippen molar-refractivity contribution in [2.24, 2.45) is 0 Å². The number of aliphatic hydroxyl groups is 1. The summed E-state index contributed by atoms with van der Waals surface area (Å²) >= 11 is 0. The lowest BCUT2D eigenvalue weighted by atomic mass is 9.88. The van der Waals surface area contributed by atoms with Crippen LogP contribution in [0.5, 0.6) is 23.0 Å². The Labute approximate surface area is 181 Å². The highest BCUT2D eigenvalue weighted by Crippen LogP contribution is 2.29. The van der Waals surface area contributed by atoms with Gasteiger partial charge in [-0.25, -0.2) is 14.4 Å². The number of carboxylic acid groups (broad SMARTS) is 2. The maximum absolute atomic E-state index is 12.1. The third kappa shape index (κ3) is 5.46. The van der Waals surface area contributed by atoms with Gasteiger partial charge in [-0.1, -0.05) is 12.1 Å². The first-order valence-corrected chi connectivity index (χ1v) is 8.93. The number of hydrogen-bond donors (Lipinski definition) is 6. The summed E-state index contributed by atoms with van der Waals surface area (Å²) in [5, 5.41) is 57.9. The molecule has 6 N–H and O–H groups in total. The number of methoxy groups -OCH3 is 1. The number of benzene rings is 2. The summed E-state index contributed by atoms with van der Waals surface area (Å²) in [5.74, 6) is -6.34. The molecule has 170 valence electrons. The van der Waals surface area contributed by atoms with Gasteiger partial charge < -0.3 is 40.1 Å². The molecule has 0 heterocycles. The zero-order valence-corrected chi connectivity index (χ0v) is 16.6. The molecule has 2 rings (SSSR count). The Morgan fingerprint density at radius 2 is 1.66 bits per heavy atom. The minimum Gasteiger partial charge on any atom is -0.504 e. The van der Waals surface area contributed by atoms with Gasteiger partial charge in [0.1, 0.15) is 0 Å². The summed E-state index contributed by atoms with van der Waals surface area (Å²) in [7, 11) is 1.31. The van der Waals surface area contributed by atoms with Crippen molar-refractivity contribution in [2.45, 2.75) is 18.1 Å². The molecular weight excluding hydrogens is 428 g/mol. The lowest BCUT2D eigenvalue weighted by molar-refractivity contribution is -0.192. The molecule has 32 heavy (non-hydrogen) atoms. The molecule has 0 aliphatic rings. The van der Waals surface area contributed by atoms with E-state index in [1.54, 1.807) is 0 Å². The van der Waals surface area contributed by atoms with Crippen molar-refractivity contribution in [3.8, 4) is 23.0 Å². The molecule has 2 aromatic rings. The van der Waals surface area contributed by atoms with Gasteiger partial charge in [-0.3, -0.25) is 0 Å². The molecule has 2 aromatic carbocycles. The number of carbonyl (C=O) groups is 3. The average Bonchev–Trinajstić information content (AvgIpc) is 2.73. The van der Waals surface area contributed by atoms with E-state index in [1.807, 2.05) is 0 Å². The Bertz CT molecular complexity index is 1060. The molecule has 0 radical (unpaired) electrons. The van der Waals surface area contributed by atoms with Gasteiger partial charge in [-0.15, -0.1) is 0 Å². The zero-order chi connectivity index (χ0) is 24.1. The molecule has 0 aliphatic carbocycles. The number of phenolic OH excluding ortho intramolecular Hbond substituents is 3. The average molecular weight is 448 g/mol. The van der Waals surface area contributed by atoms with Crippen molar-refractivity contribution in [3.05, 3.63) is 53.6 Å². The standard InChI is InChI=1S/C21H20O11/c1-31-16-9-11(2-6-14(16)23)4-7-17(25)32-18(19(26)27)21(30,20(28)29)10-12-3-5-13(22)15(24)8-12/h2-9,18,22-24,30H,10H2,1H3,(H,26,27)(H,28,29). The highest BCUT2D eigenvalue weighted by atomic mass is 16.6. The number of esters is 1. The van der Waals surface area contributed by atoms with E-state index in [-0.39, 0.29) is 17.1 Å². The van der Waals surface area contributed by atoms with Crippen LogP contribution < -0.4 is 4.74 Å². The van der Waals surface area contributed by atoms with Gasteiger partial charge in [-0.05, 0) is 41.5 Å². The second kappa shape index (κ2) is 9.71. The number of hydrogen-bond acceptors (Lipinski definition) is 9. The molecule has 2 atom stereocenters. The van der Waals surface area contributed by atoms with Crippen molar-refractivity contribution >= 4 is 24.0 Å². The zero-order valence-electron chi connectivity index (χ0n) is 16.6. The molecule has 0 aromatic heterocycles. The van der Waals surface area contributed by atoms with Crippen LogP contribution in [0.3, 0.4) is 0 Å². The second-order valence-corrected chi connectivity index (χ2v) is 6.65. The van der Waals surface area contributed by atoms with Crippen molar-refractivity contribution in [3.63, 3.8) is 0 Å². The van der Waals surface area contributed by atoms with Crippen molar-refractivity contribution < 1.29 is 54.5 Å². The van der Waals surface area contributed by atoms with E-state index in [2.05, 4.69) is 0 Å². The summed E-state index contributed by atoms with van der Waals surface area (Å²) in [4.78, 5) is 35.5. The number of carboxylic acids is 2. The fourth-order valence-electron chi connectivity index (χ4n) is 2.74. The normalized spacial score (nSPS) is 13.8. The van der Waals surface area contributed by atoms with E-state index < -0.39 is 47.5 Å². The first-order chi connectivity index (χ1) is 15.0. The predicted molar refractivity (Wildman–Crippen MR) is 107 cm³/mol. The minimum absolute atomic E-state index is 0.0424. The summed E-state index contributed by atoms with van der Waals surface area (Å²) in [6, 6.07) is 7.19. The molecule has 0 amide bonds. The maximum Gasteiger partial charge on any atom is 0.348 e. The van der Waals surface area contributed by atoms with Crippen molar-refractivity contribution in [1.82, 2.24) is 0 Å². The lowest BCUT2D eigenvalue weighted by Gasteiger charge is -2.29. The number of rotatable bonds is 9. The highest BCUT2D eigenvalue weighted by molar-refractivity contribution is 5.93. The first kappa shape index (κ1) is 24.0. The van der Waals surface area contributed by atoms with Crippen molar-refractivity contribution in [1.29, 1.82) is 0 Å². The van der Waals surface area contributed by atoms with Crippen LogP contribution in [0.2, 0.25) is 0 Å². The predicted octanol–water partition coefficient (Wildman–Crippen LogP) is 0.880. The molecule has 0 bridgehead atoms. The molecule has 11 nitrogen and oxygen atoms in total. The molecule has 0 saturated heterocycles. The quantitative estimate of drug-likeness (QED) is 0.181. The van der Waals surface area contributed by atoms with Gasteiger partial charge >= 0.3 is 17.9 Å². The van der Waals surface area contributed by atoms with E-state index in [0.717, 1.165) is 24.3 Å². The topological polar surface area (TPSA) is 191 Å².